The molecule has 0 aliphatic heterocycles. The van der Waals surface area contributed by atoms with Gasteiger partial charge in [0.05, 0.1) is 4.90 Å². The third-order valence-corrected chi connectivity index (χ3v) is 3.41. The lowest BCUT2D eigenvalue weighted by Gasteiger charge is -2.13. The van der Waals surface area contributed by atoms with Crippen molar-refractivity contribution in [3.63, 3.8) is 0 Å². The van der Waals surface area contributed by atoms with E-state index in [1.165, 1.54) is 0 Å². The molecule has 6 heteroatoms. The maximum Gasteiger partial charge on any atom is 0.240 e. The van der Waals surface area contributed by atoms with Crippen LogP contribution in [0.2, 0.25) is 0 Å². The summed E-state index contributed by atoms with van der Waals surface area (Å²) >= 11 is 0. The molecule has 0 saturated carbocycles. The van der Waals surface area contributed by atoms with E-state index in [-0.39, 0.29) is 4.90 Å². The summed E-state index contributed by atoms with van der Waals surface area (Å²) < 4.78 is 25.7. The lowest BCUT2D eigenvalue weighted by Crippen LogP contribution is -2.23. The van der Waals surface area contributed by atoms with Gasteiger partial charge >= 0.3 is 0 Å². The highest BCUT2D eigenvalue weighted by atomic mass is 32.2. The highest BCUT2D eigenvalue weighted by Gasteiger charge is 2.11. The first-order valence-electron chi connectivity index (χ1n) is 4.99. The molecule has 16 heavy (non-hydrogen) atoms. The predicted molar refractivity (Wildman–Crippen MR) is 64.6 cm³/mol. The highest BCUT2D eigenvalue weighted by Crippen LogP contribution is 2.13. The number of sulfonamides is 1. The van der Waals surface area contributed by atoms with Crippen molar-refractivity contribution in [3.05, 3.63) is 24.3 Å². The van der Waals surface area contributed by atoms with E-state index in [9.17, 15) is 8.42 Å². The van der Waals surface area contributed by atoms with Crippen molar-refractivity contribution >= 4 is 15.7 Å². The average molecular weight is 243 g/mol. The maximum absolute atomic E-state index is 11.6. The van der Waals surface area contributed by atoms with Gasteiger partial charge in [-0.05, 0) is 24.3 Å². The number of nitrogens with zero attached hydrogens (tertiary/aromatic N) is 1. The van der Waals surface area contributed by atoms with Crippen LogP contribution in [0.4, 0.5) is 5.69 Å². The highest BCUT2D eigenvalue weighted by molar-refractivity contribution is 7.89. The Kier molecular flexibility index (Phi) is 4.28. The number of benzene rings is 1. The van der Waals surface area contributed by atoms with Gasteiger partial charge in [-0.25, -0.2) is 18.1 Å². The van der Waals surface area contributed by atoms with E-state index in [4.69, 9.17) is 0 Å². The van der Waals surface area contributed by atoms with E-state index in [2.05, 4.69) is 10.1 Å². The Hall–Kier alpha value is -1.11. The van der Waals surface area contributed by atoms with Crippen LogP contribution < -0.4 is 10.1 Å². The van der Waals surface area contributed by atoms with Gasteiger partial charge in [0.1, 0.15) is 0 Å². The van der Waals surface area contributed by atoms with E-state index >= 15 is 0 Å². The molecule has 0 amide bonds. The van der Waals surface area contributed by atoms with Crippen LogP contribution >= 0.6 is 0 Å². The molecule has 5 nitrogen and oxygen atoms in total. The largest absolute Gasteiger partial charge is 0.319 e. The first-order chi connectivity index (χ1) is 7.45. The fourth-order valence-electron chi connectivity index (χ4n) is 1.24. The molecule has 0 unspecified atom stereocenters. The molecule has 1 aromatic carbocycles. The summed E-state index contributed by atoms with van der Waals surface area (Å²) in [4.78, 5) is 0.277. The van der Waals surface area contributed by atoms with E-state index in [0.29, 0.717) is 6.54 Å². The van der Waals surface area contributed by atoms with Gasteiger partial charge in [0.25, 0.3) is 0 Å². The molecule has 0 aliphatic rings. The molecular formula is C10H17N3O2S. The van der Waals surface area contributed by atoms with Crippen molar-refractivity contribution in [1.29, 1.82) is 0 Å². The Bertz CT molecular complexity index is 426. The molecule has 0 aromatic heterocycles. The normalized spacial score (nSPS) is 11.8. The van der Waals surface area contributed by atoms with Gasteiger partial charge in [0.2, 0.25) is 10.0 Å². The first kappa shape index (κ1) is 13.0. The molecule has 0 bridgehead atoms. The van der Waals surface area contributed by atoms with E-state index in [0.717, 1.165) is 5.69 Å². The fourth-order valence-corrected chi connectivity index (χ4v) is 2.28. The summed E-state index contributed by atoms with van der Waals surface area (Å²) in [5, 5.41) is 1.79. The summed E-state index contributed by atoms with van der Waals surface area (Å²) in [6.45, 7) is 2.14. The lowest BCUT2D eigenvalue weighted by molar-refractivity contribution is 0.495. The molecular weight excluding hydrogens is 226 g/mol. The van der Waals surface area contributed by atoms with E-state index < -0.39 is 10.0 Å². The van der Waals surface area contributed by atoms with Gasteiger partial charge in [-0.3, -0.25) is 0 Å². The Morgan fingerprint density at radius 2 is 1.75 bits per heavy atom. The summed E-state index contributed by atoms with van der Waals surface area (Å²) in [5.41, 5.74) is 3.88. The zero-order valence-electron chi connectivity index (χ0n) is 9.69. The number of nitrogens with one attached hydrogen (secondary N) is 2. The molecule has 0 aliphatic carbocycles. The van der Waals surface area contributed by atoms with Crippen molar-refractivity contribution < 1.29 is 8.42 Å². The second-order valence-electron chi connectivity index (χ2n) is 3.53. The van der Waals surface area contributed by atoms with Crippen LogP contribution in [0, 0.1) is 0 Å². The van der Waals surface area contributed by atoms with E-state index in [1.807, 2.05) is 14.1 Å². The van der Waals surface area contributed by atoms with Crippen molar-refractivity contribution in [2.45, 2.75) is 11.8 Å². The minimum atomic E-state index is -3.35. The van der Waals surface area contributed by atoms with Gasteiger partial charge in [0, 0.05) is 26.3 Å². The molecule has 2 N–H and O–H groups in total. The molecule has 0 fully saturated rings. The first-order valence-corrected chi connectivity index (χ1v) is 6.47. The molecule has 1 aromatic rings. The van der Waals surface area contributed by atoms with E-state index in [1.54, 1.807) is 36.2 Å². The van der Waals surface area contributed by atoms with Crippen LogP contribution in [0.5, 0.6) is 0 Å². The zero-order chi connectivity index (χ0) is 12.2. The van der Waals surface area contributed by atoms with Crippen LogP contribution in [0.3, 0.4) is 0 Å². The smallest absolute Gasteiger partial charge is 0.240 e. The summed E-state index contributed by atoms with van der Waals surface area (Å²) in [7, 11) is 0.382. The van der Waals surface area contributed by atoms with Gasteiger partial charge in [0.15, 0.2) is 0 Å². The summed E-state index contributed by atoms with van der Waals surface area (Å²) in [5.74, 6) is 0. The lowest BCUT2D eigenvalue weighted by atomic mass is 10.3. The third kappa shape index (κ3) is 3.48. The Labute approximate surface area is 96.5 Å². The quantitative estimate of drug-likeness (QED) is 0.753. The van der Waals surface area contributed by atoms with Crippen molar-refractivity contribution in [1.82, 2.24) is 9.73 Å². The summed E-state index contributed by atoms with van der Waals surface area (Å²) in [6, 6.07) is 6.60. The molecule has 90 valence electrons. The Morgan fingerprint density at radius 1 is 1.19 bits per heavy atom. The number of hydrazine groups is 1. The second kappa shape index (κ2) is 5.29. The standard InChI is InChI=1S/C10H17N3O2S/c1-4-11-16(14,15)10-7-5-9(6-8-10)12-13(2)3/h5-8,11-12H,4H2,1-3H3. The van der Waals surface area contributed by atoms with Crippen LogP contribution in [0.15, 0.2) is 29.2 Å². The number of hydrogen-bond acceptors (Lipinski definition) is 4. The minimum absolute atomic E-state index is 0.277. The van der Waals surface area contributed by atoms with Crippen molar-refractivity contribution in [3.8, 4) is 0 Å². The molecule has 0 atom stereocenters. The molecule has 1 rings (SSSR count). The van der Waals surface area contributed by atoms with Gasteiger partial charge in [-0.1, -0.05) is 6.92 Å². The average Bonchev–Trinajstić information content (AvgIpc) is 2.17. The van der Waals surface area contributed by atoms with Crippen LogP contribution in [0.1, 0.15) is 6.92 Å². The third-order valence-electron chi connectivity index (χ3n) is 1.85. The predicted octanol–water partition coefficient (Wildman–Crippen LogP) is 0.873. The molecule has 0 heterocycles. The Balaban J connectivity index is 2.87. The minimum Gasteiger partial charge on any atom is -0.319 e. The second-order valence-corrected chi connectivity index (χ2v) is 5.30. The summed E-state index contributed by atoms with van der Waals surface area (Å²) in [6.07, 6.45) is 0. The topological polar surface area (TPSA) is 61.4 Å². The molecule has 0 spiro atoms. The number of hydrogen-bond donors (Lipinski definition) is 2. The monoisotopic (exact) mass is 243 g/mol. The van der Waals surface area contributed by atoms with Crippen LogP contribution in [0.25, 0.3) is 0 Å². The number of anilines is 1. The molecule has 0 radical (unpaired) electrons. The fraction of sp³-hybridized carbons (Fsp3) is 0.400. The van der Waals surface area contributed by atoms with Gasteiger partial charge in [-0.2, -0.15) is 0 Å². The van der Waals surface area contributed by atoms with Crippen LogP contribution in [-0.4, -0.2) is 34.1 Å². The maximum atomic E-state index is 11.6. The van der Waals surface area contributed by atoms with Crippen molar-refractivity contribution in [2.24, 2.45) is 0 Å². The molecule has 0 saturated heterocycles. The van der Waals surface area contributed by atoms with Gasteiger partial charge in [-0.15, -0.1) is 0 Å². The van der Waals surface area contributed by atoms with Gasteiger partial charge < -0.3 is 5.43 Å². The SMILES string of the molecule is CCNS(=O)(=O)c1ccc(NN(C)C)cc1. The van der Waals surface area contributed by atoms with Crippen LogP contribution in [-0.2, 0) is 10.0 Å². The zero-order valence-corrected chi connectivity index (χ0v) is 10.5. The van der Waals surface area contributed by atoms with Crippen molar-refractivity contribution in [2.75, 3.05) is 26.1 Å². The Morgan fingerprint density at radius 3 is 2.19 bits per heavy atom. The number of rotatable bonds is 5.